The number of nitrogens with one attached hydrogen (secondary N) is 2. The SMILES string of the molecule is CCn1cnnc1CNC(=O)c1n[nH]c(C(C)(C)C)n1. The first-order chi connectivity index (χ1) is 9.41. The van der Waals surface area contributed by atoms with Crippen molar-refractivity contribution in [3.63, 3.8) is 0 Å². The Balaban J connectivity index is 2.00. The van der Waals surface area contributed by atoms with Crippen molar-refractivity contribution in [1.29, 1.82) is 0 Å². The largest absolute Gasteiger partial charge is 0.342 e. The first-order valence-corrected chi connectivity index (χ1v) is 6.49. The van der Waals surface area contributed by atoms with Gasteiger partial charge in [-0.05, 0) is 6.92 Å². The summed E-state index contributed by atoms with van der Waals surface area (Å²) < 4.78 is 1.86. The Morgan fingerprint density at radius 3 is 2.80 bits per heavy atom. The summed E-state index contributed by atoms with van der Waals surface area (Å²) in [7, 11) is 0. The summed E-state index contributed by atoms with van der Waals surface area (Å²) >= 11 is 0. The molecule has 2 aromatic heterocycles. The van der Waals surface area contributed by atoms with Gasteiger partial charge in [-0.15, -0.1) is 15.3 Å². The predicted octanol–water partition coefficient (Wildman–Crippen LogP) is 0.644. The third-order valence-corrected chi connectivity index (χ3v) is 2.84. The van der Waals surface area contributed by atoms with E-state index >= 15 is 0 Å². The zero-order valence-corrected chi connectivity index (χ0v) is 12.1. The number of amides is 1. The van der Waals surface area contributed by atoms with Crippen LogP contribution >= 0.6 is 0 Å². The zero-order valence-electron chi connectivity index (χ0n) is 12.1. The molecule has 2 rings (SSSR count). The van der Waals surface area contributed by atoms with Crippen LogP contribution in [0.1, 0.15) is 50.0 Å². The van der Waals surface area contributed by atoms with Crippen molar-refractivity contribution in [3.05, 3.63) is 23.8 Å². The van der Waals surface area contributed by atoms with Gasteiger partial charge in [-0.1, -0.05) is 20.8 Å². The van der Waals surface area contributed by atoms with Crippen LogP contribution in [0.25, 0.3) is 0 Å². The molecule has 0 aliphatic carbocycles. The van der Waals surface area contributed by atoms with Gasteiger partial charge >= 0.3 is 0 Å². The van der Waals surface area contributed by atoms with Crippen molar-refractivity contribution >= 4 is 5.91 Å². The van der Waals surface area contributed by atoms with Crippen LogP contribution in [0.4, 0.5) is 0 Å². The third-order valence-electron chi connectivity index (χ3n) is 2.84. The molecule has 0 bridgehead atoms. The Morgan fingerprint density at radius 1 is 1.45 bits per heavy atom. The van der Waals surface area contributed by atoms with E-state index in [1.54, 1.807) is 6.33 Å². The van der Waals surface area contributed by atoms with Crippen LogP contribution in [0, 0.1) is 0 Å². The Bertz CT molecular complexity index is 593. The normalized spacial score (nSPS) is 11.6. The number of rotatable bonds is 4. The van der Waals surface area contributed by atoms with Gasteiger partial charge in [-0.2, -0.15) is 0 Å². The zero-order chi connectivity index (χ0) is 14.8. The Hall–Kier alpha value is -2.25. The maximum Gasteiger partial charge on any atom is 0.291 e. The number of H-pyrrole nitrogens is 1. The van der Waals surface area contributed by atoms with Crippen molar-refractivity contribution in [3.8, 4) is 0 Å². The molecule has 2 N–H and O–H groups in total. The lowest BCUT2D eigenvalue weighted by atomic mass is 9.96. The van der Waals surface area contributed by atoms with Gasteiger partial charge in [0.15, 0.2) is 5.82 Å². The van der Waals surface area contributed by atoms with E-state index in [2.05, 4.69) is 30.7 Å². The monoisotopic (exact) mass is 277 g/mol. The molecule has 0 spiro atoms. The van der Waals surface area contributed by atoms with Gasteiger partial charge in [0.1, 0.15) is 12.2 Å². The van der Waals surface area contributed by atoms with Gasteiger partial charge in [0.25, 0.3) is 5.91 Å². The lowest BCUT2D eigenvalue weighted by Gasteiger charge is -2.12. The second-order valence-electron chi connectivity index (χ2n) is 5.47. The average molecular weight is 277 g/mol. The van der Waals surface area contributed by atoms with E-state index in [1.807, 2.05) is 32.3 Å². The summed E-state index contributed by atoms with van der Waals surface area (Å²) in [4.78, 5) is 16.2. The van der Waals surface area contributed by atoms with Gasteiger partial charge in [0, 0.05) is 12.0 Å². The van der Waals surface area contributed by atoms with Gasteiger partial charge < -0.3 is 9.88 Å². The molecule has 2 aromatic rings. The quantitative estimate of drug-likeness (QED) is 0.854. The Morgan fingerprint density at radius 2 is 2.20 bits per heavy atom. The summed E-state index contributed by atoms with van der Waals surface area (Å²) in [5.74, 6) is 1.19. The van der Waals surface area contributed by atoms with Crippen LogP contribution in [0.5, 0.6) is 0 Å². The molecule has 0 saturated heterocycles. The number of carbonyl (C=O) groups excluding carboxylic acids is 1. The van der Waals surface area contributed by atoms with Crippen LogP contribution in [-0.4, -0.2) is 35.9 Å². The number of hydrogen-bond acceptors (Lipinski definition) is 5. The van der Waals surface area contributed by atoms with Crippen LogP contribution in [0.15, 0.2) is 6.33 Å². The molecule has 0 atom stereocenters. The molecule has 0 aromatic carbocycles. The molecule has 0 fully saturated rings. The average Bonchev–Trinajstić information content (AvgIpc) is 3.03. The predicted molar refractivity (Wildman–Crippen MR) is 71.9 cm³/mol. The third kappa shape index (κ3) is 3.01. The minimum absolute atomic E-state index is 0.137. The van der Waals surface area contributed by atoms with Crippen molar-refractivity contribution in [1.82, 2.24) is 35.3 Å². The Kier molecular flexibility index (Phi) is 3.82. The maximum atomic E-state index is 12.0. The van der Waals surface area contributed by atoms with Crippen LogP contribution in [0.3, 0.4) is 0 Å². The number of nitrogens with zero attached hydrogens (tertiary/aromatic N) is 5. The van der Waals surface area contributed by atoms with E-state index in [1.165, 1.54) is 0 Å². The molecule has 0 radical (unpaired) electrons. The van der Waals surface area contributed by atoms with Crippen LogP contribution in [0.2, 0.25) is 0 Å². The fraction of sp³-hybridized carbons (Fsp3) is 0.583. The first kappa shape index (κ1) is 14.2. The summed E-state index contributed by atoms with van der Waals surface area (Å²) in [6.07, 6.45) is 1.63. The summed E-state index contributed by atoms with van der Waals surface area (Å²) in [6, 6.07) is 0. The number of aryl methyl sites for hydroxylation is 1. The number of carbonyl (C=O) groups is 1. The molecule has 0 unspecified atom stereocenters. The highest BCUT2D eigenvalue weighted by atomic mass is 16.2. The molecule has 0 aliphatic heterocycles. The van der Waals surface area contributed by atoms with Gasteiger partial charge in [-0.25, -0.2) is 4.98 Å². The standard InChI is InChI=1S/C12H19N7O/c1-5-19-7-14-16-8(19)6-13-10(20)9-15-11(18-17-9)12(2,3)4/h7H,5-6H2,1-4H3,(H,13,20)(H,15,17,18). The highest BCUT2D eigenvalue weighted by Crippen LogP contribution is 2.17. The summed E-state index contributed by atoms with van der Waals surface area (Å²) in [5.41, 5.74) is -0.173. The Labute approximate surface area is 117 Å². The van der Waals surface area contributed by atoms with Crippen molar-refractivity contribution in [2.75, 3.05) is 0 Å². The fourth-order valence-corrected chi connectivity index (χ4v) is 1.62. The van der Waals surface area contributed by atoms with E-state index in [-0.39, 0.29) is 17.1 Å². The smallest absolute Gasteiger partial charge is 0.291 e. The lowest BCUT2D eigenvalue weighted by Crippen LogP contribution is -2.26. The minimum atomic E-state index is -0.331. The summed E-state index contributed by atoms with van der Waals surface area (Å²) in [5, 5.41) is 17.2. The van der Waals surface area contributed by atoms with E-state index in [9.17, 15) is 4.79 Å². The molecular formula is C12H19N7O. The second-order valence-corrected chi connectivity index (χ2v) is 5.47. The molecule has 20 heavy (non-hydrogen) atoms. The van der Waals surface area contributed by atoms with Gasteiger partial charge in [-0.3, -0.25) is 9.89 Å². The van der Waals surface area contributed by atoms with Gasteiger partial charge in [0.05, 0.1) is 6.54 Å². The molecule has 108 valence electrons. The first-order valence-electron chi connectivity index (χ1n) is 6.49. The fourth-order valence-electron chi connectivity index (χ4n) is 1.62. The highest BCUT2D eigenvalue weighted by Gasteiger charge is 2.21. The number of hydrogen-bond donors (Lipinski definition) is 2. The molecule has 8 nitrogen and oxygen atoms in total. The minimum Gasteiger partial charge on any atom is -0.342 e. The lowest BCUT2D eigenvalue weighted by molar-refractivity contribution is 0.0939. The van der Waals surface area contributed by atoms with E-state index in [0.29, 0.717) is 18.2 Å². The van der Waals surface area contributed by atoms with E-state index < -0.39 is 0 Å². The van der Waals surface area contributed by atoms with Crippen molar-refractivity contribution < 1.29 is 4.79 Å². The van der Waals surface area contributed by atoms with Gasteiger partial charge in [0.2, 0.25) is 5.82 Å². The molecule has 8 heteroatoms. The number of aromatic amines is 1. The van der Waals surface area contributed by atoms with E-state index in [4.69, 9.17) is 0 Å². The van der Waals surface area contributed by atoms with Crippen molar-refractivity contribution in [2.24, 2.45) is 0 Å². The molecule has 2 heterocycles. The van der Waals surface area contributed by atoms with Crippen molar-refractivity contribution in [2.45, 2.75) is 46.2 Å². The number of aromatic nitrogens is 6. The van der Waals surface area contributed by atoms with E-state index in [0.717, 1.165) is 6.54 Å². The maximum absolute atomic E-state index is 12.0. The molecule has 1 amide bonds. The summed E-state index contributed by atoms with van der Waals surface area (Å²) in [6.45, 7) is 9.04. The molecule has 0 aliphatic rings. The second kappa shape index (κ2) is 5.40. The highest BCUT2D eigenvalue weighted by molar-refractivity contribution is 5.90. The van der Waals surface area contributed by atoms with Crippen LogP contribution in [-0.2, 0) is 18.5 Å². The molecule has 0 saturated carbocycles. The topological polar surface area (TPSA) is 101 Å². The van der Waals surface area contributed by atoms with Crippen LogP contribution < -0.4 is 5.32 Å². The molecular weight excluding hydrogens is 258 g/mol.